The number of ether oxygens (including phenoxy) is 1. The van der Waals surface area contributed by atoms with E-state index in [9.17, 15) is 17.2 Å². The molecule has 0 saturated heterocycles. The summed E-state index contributed by atoms with van der Waals surface area (Å²) in [6, 6.07) is 5.46. The van der Waals surface area contributed by atoms with Crippen LogP contribution >= 0.6 is 0 Å². The number of alkyl halides is 2. The SMILES string of the molecule is CCCN(CCC)S(=O)(=O)NC(C)c1cccc(OC(F)F)c1. The second kappa shape index (κ2) is 9.14. The van der Waals surface area contributed by atoms with Gasteiger partial charge in [0.25, 0.3) is 10.2 Å². The van der Waals surface area contributed by atoms with E-state index in [1.165, 1.54) is 16.4 Å². The Balaban J connectivity index is 2.86. The van der Waals surface area contributed by atoms with Crippen LogP contribution in [0.2, 0.25) is 0 Å². The van der Waals surface area contributed by atoms with E-state index in [1.54, 1.807) is 19.1 Å². The highest BCUT2D eigenvalue weighted by atomic mass is 32.2. The van der Waals surface area contributed by atoms with E-state index in [4.69, 9.17) is 0 Å². The van der Waals surface area contributed by atoms with Crippen LogP contribution in [0.3, 0.4) is 0 Å². The number of hydrogen-bond donors (Lipinski definition) is 1. The zero-order valence-electron chi connectivity index (χ0n) is 13.6. The summed E-state index contributed by atoms with van der Waals surface area (Å²) in [4.78, 5) is 0. The van der Waals surface area contributed by atoms with Crippen molar-refractivity contribution in [3.8, 4) is 5.75 Å². The first-order chi connectivity index (χ1) is 10.8. The molecule has 1 aromatic carbocycles. The van der Waals surface area contributed by atoms with Crippen LogP contribution in [0, 0.1) is 0 Å². The molecular weight excluding hydrogens is 326 g/mol. The second-order valence-electron chi connectivity index (χ2n) is 5.19. The Morgan fingerprint density at radius 1 is 1.22 bits per heavy atom. The predicted molar refractivity (Wildman–Crippen MR) is 85.7 cm³/mol. The summed E-state index contributed by atoms with van der Waals surface area (Å²) in [7, 11) is -3.64. The van der Waals surface area contributed by atoms with Gasteiger partial charge in [-0.05, 0) is 37.5 Å². The van der Waals surface area contributed by atoms with Crippen molar-refractivity contribution in [2.24, 2.45) is 0 Å². The van der Waals surface area contributed by atoms with Gasteiger partial charge in [0.2, 0.25) is 0 Å². The monoisotopic (exact) mass is 350 g/mol. The highest BCUT2D eigenvalue weighted by Gasteiger charge is 2.23. The Hall–Kier alpha value is -1.25. The minimum atomic E-state index is -3.64. The van der Waals surface area contributed by atoms with Gasteiger partial charge in [-0.15, -0.1) is 0 Å². The van der Waals surface area contributed by atoms with Gasteiger partial charge >= 0.3 is 6.61 Å². The number of rotatable bonds is 10. The van der Waals surface area contributed by atoms with Crippen LogP contribution in [0.4, 0.5) is 8.78 Å². The predicted octanol–water partition coefficient (Wildman–Crippen LogP) is 3.31. The molecule has 0 aliphatic heterocycles. The van der Waals surface area contributed by atoms with E-state index in [1.807, 2.05) is 13.8 Å². The van der Waals surface area contributed by atoms with Crippen molar-refractivity contribution < 1.29 is 21.9 Å². The number of nitrogens with one attached hydrogen (secondary N) is 1. The Morgan fingerprint density at radius 2 is 1.83 bits per heavy atom. The molecule has 132 valence electrons. The molecule has 0 radical (unpaired) electrons. The van der Waals surface area contributed by atoms with Crippen molar-refractivity contribution in [1.29, 1.82) is 0 Å². The Kier molecular flexibility index (Phi) is 7.87. The summed E-state index contributed by atoms with van der Waals surface area (Å²) in [5, 5.41) is 0. The van der Waals surface area contributed by atoms with Gasteiger partial charge < -0.3 is 4.74 Å². The van der Waals surface area contributed by atoms with E-state index >= 15 is 0 Å². The van der Waals surface area contributed by atoms with E-state index in [0.29, 0.717) is 31.5 Å². The number of hydrogen-bond acceptors (Lipinski definition) is 3. The van der Waals surface area contributed by atoms with Crippen molar-refractivity contribution >= 4 is 10.2 Å². The maximum Gasteiger partial charge on any atom is 0.387 e. The first-order valence-corrected chi connectivity index (χ1v) is 9.06. The van der Waals surface area contributed by atoms with Crippen LogP contribution in [0.5, 0.6) is 5.75 Å². The first-order valence-electron chi connectivity index (χ1n) is 7.62. The van der Waals surface area contributed by atoms with Gasteiger partial charge in [-0.2, -0.15) is 26.2 Å². The van der Waals surface area contributed by atoms with Crippen LogP contribution in [0.25, 0.3) is 0 Å². The molecular formula is C15H24F2N2O3S. The van der Waals surface area contributed by atoms with Crippen LogP contribution in [0.15, 0.2) is 24.3 Å². The Morgan fingerprint density at radius 3 is 2.35 bits per heavy atom. The molecule has 0 aliphatic rings. The summed E-state index contributed by atoms with van der Waals surface area (Å²) in [6.07, 6.45) is 1.43. The van der Waals surface area contributed by atoms with E-state index in [2.05, 4.69) is 9.46 Å². The van der Waals surface area contributed by atoms with Crippen molar-refractivity contribution in [2.45, 2.75) is 46.3 Å². The third kappa shape index (κ3) is 6.40. The van der Waals surface area contributed by atoms with Crippen LogP contribution in [-0.4, -0.2) is 32.4 Å². The molecule has 0 saturated carbocycles. The minimum absolute atomic E-state index is 0.00233. The molecule has 0 aromatic heterocycles. The van der Waals surface area contributed by atoms with Gasteiger partial charge in [0.15, 0.2) is 0 Å². The average molecular weight is 350 g/mol. The summed E-state index contributed by atoms with van der Waals surface area (Å²) in [6.45, 7) is 3.44. The van der Waals surface area contributed by atoms with Gasteiger partial charge in [0.1, 0.15) is 5.75 Å². The van der Waals surface area contributed by atoms with Crippen molar-refractivity contribution in [2.75, 3.05) is 13.1 Å². The Bertz CT molecular complexity index is 576. The van der Waals surface area contributed by atoms with Gasteiger partial charge in [0.05, 0.1) is 0 Å². The summed E-state index contributed by atoms with van der Waals surface area (Å²) in [5.41, 5.74) is 0.555. The standard InChI is InChI=1S/C15H24F2N2O3S/c1-4-9-19(10-5-2)23(20,21)18-12(3)13-7-6-8-14(11-13)22-15(16)17/h6-8,11-12,15,18H,4-5,9-10H2,1-3H3. The maximum absolute atomic E-state index is 12.4. The molecule has 1 unspecified atom stereocenters. The zero-order valence-corrected chi connectivity index (χ0v) is 14.4. The van der Waals surface area contributed by atoms with Crippen LogP contribution in [-0.2, 0) is 10.2 Å². The summed E-state index contributed by atoms with van der Waals surface area (Å²) >= 11 is 0. The van der Waals surface area contributed by atoms with Crippen molar-refractivity contribution in [3.05, 3.63) is 29.8 Å². The molecule has 1 N–H and O–H groups in total. The lowest BCUT2D eigenvalue weighted by Gasteiger charge is -2.24. The number of benzene rings is 1. The normalized spacial score (nSPS) is 13.5. The minimum Gasteiger partial charge on any atom is -0.435 e. The number of nitrogens with zero attached hydrogens (tertiary/aromatic N) is 1. The lowest BCUT2D eigenvalue weighted by atomic mass is 10.1. The van der Waals surface area contributed by atoms with Crippen molar-refractivity contribution in [3.63, 3.8) is 0 Å². The molecule has 0 aliphatic carbocycles. The maximum atomic E-state index is 12.4. The molecule has 0 fully saturated rings. The van der Waals surface area contributed by atoms with Gasteiger partial charge in [-0.1, -0.05) is 26.0 Å². The zero-order chi connectivity index (χ0) is 17.5. The molecule has 0 bridgehead atoms. The third-order valence-corrected chi connectivity index (χ3v) is 4.89. The van der Waals surface area contributed by atoms with Gasteiger partial charge in [0, 0.05) is 19.1 Å². The molecule has 1 rings (SSSR count). The lowest BCUT2D eigenvalue weighted by molar-refractivity contribution is -0.0499. The summed E-state index contributed by atoms with van der Waals surface area (Å²) in [5.74, 6) is 0.00233. The molecule has 1 aromatic rings. The Labute approximate surface area is 136 Å². The van der Waals surface area contributed by atoms with E-state index < -0.39 is 22.9 Å². The average Bonchev–Trinajstić information content (AvgIpc) is 2.46. The fourth-order valence-electron chi connectivity index (χ4n) is 2.18. The van der Waals surface area contributed by atoms with Crippen molar-refractivity contribution in [1.82, 2.24) is 9.03 Å². The molecule has 0 amide bonds. The lowest BCUT2D eigenvalue weighted by Crippen LogP contribution is -2.42. The topological polar surface area (TPSA) is 58.6 Å². The molecule has 1 atom stereocenters. The van der Waals surface area contributed by atoms with Crippen LogP contribution in [0.1, 0.15) is 45.2 Å². The summed E-state index contributed by atoms with van der Waals surface area (Å²) < 4.78 is 57.7. The number of halogens is 2. The quantitative estimate of drug-likeness (QED) is 0.704. The fraction of sp³-hybridized carbons (Fsp3) is 0.600. The van der Waals surface area contributed by atoms with E-state index in [0.717, 1.165) is 0 Å². The molecule has 8 heteroatoms. The van der Waals surface area contributed by atoms with Gasteiger partial charge in [-0.3, -0.25) is 0 Å². The fourth-order valence-corrected chi connectivity index (χ4v) is 3.75. The van der Waals surface area contributed by atoms with Gasteiger partial charge in [-0.25, -0.2) is 0 Å². The highest BCUT2D eigenvalue weighted by Crippen LogP contribution is 2.21. The molecule has 5 nitrogen and oxygen atoms in total. The van der Waals surface area contributed by atoms with E-state index in [-0.39, 0.29) is 5.75 Å². The smallest absolute Gasteiger partial charge is 0.387 e. The third-order valence-electron chi connectivity index (χ3n) is 3.19. The second-order valence-corrected chi connectivity index (χ2v) is 6.90. The molecule has 0 heterocycles. The van der Waals surface area contributed by atoms with Crippen LogP contribution < -0.4 is 9.46 Å². The first kappa shape index (κ1) is 19.8. The molecule has 0 spiro atoms. The largest absolute Gasteiger partial charge is 0.435 e. The molecule has 23 heavy (non-hydrogen) atoms. The highest BCUT2D eigenvalue weighted by molar-refractivity contribution is 7.87.